The fourth-order valence-corrected chi connectivity index (χ4v) is 0.975. The summed E-state index contributed by atoms with van der Waals surface area (Å²) in [6.07, 6.45) is 0. The van der Waals surface area contributed by atoms with E-state index in [2.05, 4.69) is 10.4 Å². The van der Waals surface area contributed by atoms with Crippen LogP contribution < -0.4 is 11.1 Å². The van der Waals surface area contributed by atoms with Crippen LogP contribution in [0.3, 0.4) is 0 Å². The Bertz CT molecular complexity index is 320. The van der Waals surface area contributed by atoms with Crippen LogP contribution in [0.15, 0.2) is 29.4 Å². The van der Waals surface area contributed by atoms with Gasteiger partial charge >= 0.3 is 0 Å². The summed E-state index contributed by atoms with van der Waals surface area (Å²) in [6, 6.07) is 6.48. The second-order valence-corrected chi connectivity index (χ2v) is 2.70. The van der Waals surface area contributed by atoms with Gasteiger partial charge in [-0.05, 0) is 24.3 Å². The molecule has 0 unspecified atom stereocenters. The third kappa shape index (κ3) is 2.63. The lowest BCUT2D eigenvalue weighted by atomic mass is 10.2. The maximum absolute atomic E-state index is 11.4. The Morgan fingerprint density at radius 1 is 1.43 bits per heavy atom. The Morgan fingerprint density at radius 2 is 2.07 bits per heavy atom. The van der Waals surface area contributed by atoms with Gasteiger partial charge in [-0.25, -0.2) is 5.53 Å². The number of hydrogen-bond acceptors (Lipinski definition) is 4. The summed E-state index contributed by atoms with van der Waals surface area (Å²) in [7, 11) is 0. The number of amides is 1. The molecule has 0 aliphatic heterocycles. The zero-order valence-electron chi connectivity index (χ0n) is 7.66. The van der Waals surface area contributed by atoms with E-state index in [0.29, 0.717) is 24.3 Å². The van der Waals surface area contributed by atoms with Crippen LogP contribution >= 0.6 is 0 Å². The highest BCUT2D eigenvalue weighted by Gasteiger charge is 2.03. The van der Waals surface area contributed by atoms with Crippen LogP contribution in [0.1, 0.15) is 10.4 Å². The quantitative estimate of drug-likeness (QED) is 0.622. The number of rotatable bonds is 4. The van der Waals surface area contributed by atoms with Gasteiger partial charge in [-0.1, -0.05) is 0 Å². The number of benzene rings is 1. The Balaban J connectivity index is 2.66. The molecule has 0 bridgehead atoms. The molecule has 5 heteroatoms. The third-order valence-electron chi connectivity index (χ3n) is 1.69. The van der Waals surface area contributed by atoms with Crippen molar-refractivity contribution in [3.05, 3.63) is 29.8 Å². The van der Waals surface area contributed by atoms with Crippen molar-refractivity contribution in [1.29, 1.82) is 5.53 Å². The van der Waals surface area contributed by atoms with Gasteiger partial charge in [0.2, 0.25) is 0 Å². The molecule has 0 heterocycles. The molecule has 1 aromatic carbocycles. The molecule has 1 aromatic rings. The molecule has 0 radical (unpaired) electrons. The van der Waals surface area contributed by atoms with Crippen molar-refractivity contribution in [3.63, 3.8) is 0 Å². The molecule has 74 valence electrons. The van der Waals surface area contributed by atoms with Gasteiger partial charge in [0.05, 0.1) is 5.69 Å². The number of carbonyl (C=O) groups is 1. The van der Waals surface area contributed by atoms with E-state index < -0.39 is 0 Å². The molecule has 4 N–H and O–H groups in total. The predicted octanol–water partition coefficient (Wildman–Crippen LogP) is 1.04. The number of carbonyl (C=O) groups excluding carboxylic acids is 1. The lowest BCUT2D eigenvalue weighted by molar-refractivity contribution is 0.0955. The summed E-state index contributed by atoms with van der Waals surface area (Å²) in [4.78, 5) is 11.4. The molecule has 0 spiro atoms. The third-order valence-corrected chi connectivity index (χ3v) is 1.69. The minimum atomic E-state index is -0.160. The lowest BCUT2D eigenvalue weighted by Crippen LogP contribution is -2.28. The second kappa shape index (κ2) is 5.08. The van der Waals surface area contributed by atoms with Gasteiger partial charge < -0.3 is 11.1 Å². The minimum Gasteiger partial charge on any atom is -0.351 e. The first-order valence-corrected chi connectivity index (χ1v) is 4.23. The maximum Gasteiger partial charge on any atom is 0.251 e. The Morgan fingerprint density at radius 3 is 2.57 bits per heavy atom. The average Bonchev–Trinajstić information content (AvgIpc) is 2.26. The van der Waals surface area contributed by atoms with Crippen LogP contribution in [0, 0.1) is 5.53 Å². The Labute approximate surface area is 81.8 Å². The minimum absolute atomic E-state index is 0.160. The van der Waals surface area contributed by atoms with Crippen LogP contribution in [0.2, 0.25) is 0 Å². The molecular weight excluding hydrogens is 180 g/mol. The van der Waals surface area contributed by atoms with E-state index in [1.165, 1.54) is 0 Å². The number of hydrogen-bond donors (Lipinski definition) is 3. The standard InChI is InChI=1S/C9H12N4O/c10-5-6-12-9(14)7-1-3-8(13-11)4-2-7/h1-4,11H,5-6,10H2,(H,12,14). The predicted molar refractivity (Wildman–Crippen MR) is 52.6 cm³/mol. The fourth-order valence-electron chi connectivity index (χ4n) is 0.975. The number of nitrogens with zero attached hydrogens (tertiary/aromatic N) is 1. The van der Waals surface area contributed by atoms with Crippen molar-refractivity contribution in [2.75, 3.05) is 13.1 Å². The monoisotopic (exact) mass is 192 g/mol. The average molecular weight is 192 g/mol. The van der Waals surface area contributed by atoms with Crippen molar-refractivity contribution in [2.24, 2.45) is 10.8 Å². The van der Waals surface area contributed by atoms with E-state index in [1.807, 2.05) is 0 Å². The SMILES string of the molecule is N=Nc1ccc(C(=O)NCCN)cc1. The van der Waals surface area contributed by atoms with Gasteiger partial charge in [-0.3, -0.25) is 4.79 Å². The van der Waals surface area contributed by atoms with Gasteiger partial charge in [0, 0.05) is 18.7 Å². The highest BCUT2D eigenvalue weighted by atomic mass is 16.1. The summed E-state index contributed by atoms with van der Waals surface area (Å²) in [5, 5.41) is 5.88. The summed E-state index contributed by atoms with van der Waals surface area (Å²) in [6.45, 7) is 0.884. The van der Waals surface area contributed by atoms with E-state index in [0.717, 1.165) is 0 Å². The first-order chi connectivity index (χ1) is 6.77. The maximum atomic E-state index is 11.4. The molecule has 0 atom stereocenters. The van der Waals surface area contributed by atoms with Crippen LogP contribution in [0.25, 0.3) is 0 Å². The first-order valence-electron chi connectivity index (χ1n) is 4.23. The van der Waals surface area contributed by atoms with Crippen molar-refractivity contribution in [2.45, 2.75) is 0 Å². The van der Waals surface area contributed by atoms with Crippen LogP contribution in [0.5, 0.6) is 0 Å². The Kier molecular flexibility index (Phi) is 3.75. The molecule has 0 aromatic heterocycles. The van der Waals surface area contributed by atoms with E-state index in [1.54, 1.807) is 24.3 Å². The smallest absolute Gasteiger partial charge is 0.251 e. The van der Waals surface area contributed by atoms with Gasteiger partial charge in [0.15, 0.2) is 0 Å². The second-order valence-electron chi connectivity index (χ2n) is 2.70. The molecule has 1 rings (SSSR count). The van der Waals surface area contributed by atoms with E-state index in [4.69, 9.17) is 11.3 Å². The summed E-state index contributed by atoms with van der Waals surface area (Å²) < 4.78 is 0. The van der Waals surface area contributed by atoms with Gasteiger partial charge in [0.25, 0.3) is 5.91 Å². The van der Waals surface area contributed by atoms with Crippen molar-refractivity contribution < 1.29 is 4.79 Å². The van der Waals surface area contributed by atoms with Crippen LogP contribution in [-0.2, 0) is 0 Å². The number of nitrogens with one attached hydrogen (secondary N) is 2. The zero-order valence-corrected chi connectivity index (χ0v) is 7.66. The molecule has 0 aliphatic rings. The van der Waals surface area contributed by atoms with E-state index in [-0.39, 0.29) is 5.91 Å². The van der Waals surface area contributed by atoms with E-state index >= 15 is 0 Å². The highest BCUT2D eigenvalue weighted by molar-refractivity contribution is 5.94. The molecule has 5 nitrogen and oxygen atoms in total. The Hall–Kier alpha value is -1.75. The number of nitrogens with two attached hydrogens (primary N) is 1. The fraction of sp³-hybridized carbons (Fsp3) is 0.222. The van der Waals surface area contributed by atoms with Crippen LogP contribution in [-0.4, -0.2) is 19.0 Å². The normalized spacial score (nSPS) is 9.50. The molecular formula is C9H12N4O. The molecule has 0 saturated carbocycles. The van der Waals surface area contributed by atoms with Crippen molar-refractivity contribution in [3.8, 4) is 0 Å². The first kappa shape index (κ1) is 10.3. The molecule has 14 heavy (non-hydrogen) atoms. The topological polar surface area (TPSA) is 91.3 Å². The molecule has 0 aliphatic carbocycles. The van der Waals surface area contributed by atoms with Crippen molar-refractivity contribution >= 4 is 11.6 Å². The molecule has 0 saturated heterocycles. The summed E-state index contributed by atoms with van der Waals surface area (Å²) in [5.74, 6) is -0.160. The molecule has 1 amide bonds. The van der Waals surface area contributed by atoms with Gasteiger partial charge in [-0.15, -0.1) is 0 Å². The van der Waals surface area contributed by atoms with Gasteiger partial charge in [0.1, 0.15) is 0 Å². The summed E-state index contributed by atoms with van der Waals surface area (Å²) >= 11 is 0. The van der Waals surface area contributed by atoms with Gasteiger partial charge in [-0.2, -0.15) is 5.11 Å². The summed E-state index contributed by atoms with van der Waals surface area (Å²) in [5.41, 5.74) is 13.1. The largest absolute Gasteiger partial charge is 0.351 e. The lowest BCUT2D eigenvalue weighted by Gasteiger charge is -2.02. The zero-order chi connectivity index (χ0) is 10.4. The molecule has 0 fully saturated rings. The highest BCUT2D eigenvalue weighted by Crippen LogP contribution is 2.11. The van der Waals surface area contributed by atoms with E-state index in [9.17, 15) is 4.79 Å². The van der Waals surface area contributed by atoms with Crippen LogP contribution in [0.4, 0.5) is 5.69 Å². The van der Waals surface area contributed by atoms with Crippen molar-refractivity contribution in [1.82, 2.24) is 5.32 Å².